The maximum atomic E-state index is 12.8. The zero-order valence-electron chi connectivity index (χ0n) is 20.0. The number of ether oxygens (including phenoxy) is 3. The topological polar surface area (TPSA) is 74.0 Å². The zero-order valence-corrected chi connectivity index (χ0v) is 20.0. The Morgan fingerprint density at radius 2 is 1.81 bits per heavy atom. The molecule has 0 radical (unpaired) electrons. The minimum Gasteiger partial charge on any atom is -0.493 e. The summed E-state index contributed by atoms with van der Waals surface area (Å²) in [6.07, 6.45) is 3.35. The van der Waals surface area contributed by atoms with Crippen LogP contribution >= 0.6 is 0 Å². The van der Waals surface area contributed by atoms with Gasteiger partial charge >= 0.3 is 5.97 Å². The van der Waals surface area contributed by atoms with Crippen LogP contribution in [0.4, 0.5) is 0 Å². The van der Waals surface area contributed by atoms with E-state index in [1.54, 1.807) is 14.2 Å². The molecule has 2 aliphatic rings. The molecule has 1 aromatic rings. The number of rotatable bonds is 8. The Hall–Kier alpha value is -1.79. The van der Waals surface area contributed by atoms with E-state index in [9.17, 15) is 4.79 Å². The average molecular weight is 433 g/mol. The molecule has 0 aliphatic carbocycles. The average Bonchev–Trinajstić information content (AvgIpc) is 2.72. The zero-order chi connectivity index (χ0) is 22.7. The second-order valence-electron chi connectivity index (χ2n) is 10.0. The fraction of sp³-hybridized carbons (Fsp3) is 0.720. The van der Waals surface area contributed by atoms with E-state index in [2.05, 4.69) is 44.7 Å². The molecule has 1 aromatic carbocycles. The Balaban J connectivity index is 1.85. The van der Waals surface area contributed by atoms with Crippen molar-refractivity contribution in [2.75, 3.05) is 27.3 Å². The Morgan fingerprint density at radius 1 is 1.13 bits per heavy atom. The van der Waals surface area contributed by atoms with Gasteiger partial charge in [-0.3, -0.25) is 9.69 Å². The SMILES string of the molecule is COc1cc2c(cc1OC)C1CC(OC(=O)[C@H](N)CC(C)C)[C@H](CC(C)C)CN1CC2. The van der Waals surface area contributed by atoms with Crippen molar-refractivity contribution in [2.24, 2.45) is 23.5 Å². The van der Waals surface area contributed by atoms with Gasteiger partial charge in [0.05, 0.1) is 14.2 Å². The van der Waals surface area contributed by atoms with E-state index in [-0.39, 0.29) is 18.1 Å². The summed E-state index contributed by atoms with van der Waals surface area (Å²) < 4.78 is 17.2. The van der Waals surface area contributed by atoms with Gasteiger partial charge in [-0.1, -0.05) is 27.7 Å². The predicted octanol–water partition coefficient (Wildman–Crippen LogP) is 3.95. The number of carbonyl (C=O) groups excluding carboxylic acids is 1. The van der Waals surface area contributed by atoms with Crippen LogP contribution in [0.25, 0.3) is 0 Å². The summed E-state index contributed by atoms with van der Waals surface area (Å²) in [7, 11) is 3.34. The first kappa shape index (κ1) is 23.9. The molecule has 2 heterocycles. The number of fused-ring (bicyclic) bond motifs is 3. The van der Waals surface area contributed by atoms with Crippen LogP contribution in [0.1, 0.15) is 64.1 Å². The first-order valence-corrected chi connectivity index (χ1v) is 11.7. The van der Waals surface area contributed by atoms with Crippen LogP contribution in [0.2, 0.25) is 0 Å². The molecule has 6 nitrogen and oxygen atoms in total. The number of hydrogen-bond acceptors (Lipinski definition) is 6. The van der Waals surface area contributed by atoms with E-state index >= 15 is 0 Å². The maximum absolute atomic E-state index is 12.8. The monoisotopic (exact) mass is 432 g/mol. The summed E-state index contributed by atoms with van der Waals surface area (Å²) >= 11 is 0. The molecule has 4 atom stereocenters. The fourth-order valence-corrected chi connectivity index (χ4v) is 5.22. The highest BCUT2D eigenvalue weighted by atomic mass is 16.5. The van der Waals surface area contributed by atoms with Crippen molar-refractivity contribution >= 4 is 5.97 Å². The Labute approximate surface area is 187 Å². The van der Waals surface area contributed by atoms with Gasteiger partial charge in [-0.05, 0) is 54.4 Å². The van der Waals surface area contributed by atoms with E-state index in [4.69, 9.17) is 19.9 Å². The van der Waals surface area contributed by atoms with Crippen LogP contribution < -0.4 is 15.2 Å². The van der Waals surface area contributed by atoms with Gasteiger partial charge in [0.1, 0.15) is 12.1 Å². The summed E-state index contributed by atoms with van der Waals surface area (Å²) in [5, 5.41) is 0. The van der Waals surface area contributed by atoms with E-state index in [0.29, 0.717) is 24.2 Å². The second-order valence-corrected chi connectivity index (χ2v) is 10.0. The molecule has 3 rings (SSSR count). The highest BCUT2D eigenvalue weighted by Gasteiger charge is 2.41. The predicted molar refractivity (Wildman–Crippen MR) is 122 cm³/mol. The minimum absolute atomic E-state index is 0.117. The number of hydrogen-bond donors (Lipinski definition) is 1. The lowest BCUT2D eigenvalue weighted by molar-refractivity contribution is -0.159. The van der Waals surface area contributed by atoms with Crippen molar-refractivity contribution in [1.82, 2.24) is 4.90 Å². The van der Waals surface area contributed by atoms with Crippen molar-refractivity contribution in [3.8, 4) is 11.5 Å². The molecule has 0 amide bonds. The van der Waals surface area contributed by atoms with Crippen molar-refractivity contribution in [2.45, 2.75) is 71.6 Å². The summed E-state index contributed by atoms with van der Waals surface area (Å²) in [6, 6.07) is 3.87. The Morgan fingerprint density at radius 3 is 2.42 bits per heavy atom. The van der Waals surface area contributed by atoms with Crippen LogP contribution in [0.15, 0.2) is 12.1 Å². The van der Waals surface area contributed by atoms with Gasteiger partial charge in [-0.25, -0.2) is 0 Å². The van der Waals surface area contributed by atoms with Gasteiger partial charge in [0.25, 0.3) is 0 Å². The molecule has 2 N–H and O–H groups in total. The lowest BCUT2D eigenvalue weighted by atomic mass is 9.79. The van der Waals surface area contributed by atoms with Gasteiger partial charge in [0.15, 0.2) is 11.5 Å². The van der Waals surface area contributed by atoms with E-state index in [1.165, 1.54) is 11.1 Å². The van der Waals surface area contributed by atoms with Gasteiger partial charge in [0, 0.05) is 31.5 Å². The third-order valence-corrected chi connectivity index (χ3v) is 6.63. The van der Waals surface area contributed by atoms with Gasteiger partial charge < -0.3 is 19.9 Å². The molecular weight excluding hydrogens is 392 g/mol. The highest BCUT2D eigenvalue weighted by molar-refractivity contribution is 5.75. The number of methoxy groups -OCH3 is 2. The molecule has 6 heteroatoms. The molecular formula is C25H40N2O4. The molecule has 174 valence electrons. The third kappa shape index (κ3) is 5.53. The van der Waals surface area contributed by atoms with Crippen LogP contribution in [-0.2, 0) is 16.0 Å². The molecule has 0 saturated carbocycles. The first-order chi connectivity index (χ1) is 14.7. The van der Waals surface area contributed by atoms with Crippen molar-refractivity contribution in [1.29, 1.82) is 0 Å². The minimum atomic E-state index is -0.555. The Bertz CT molecular complexity index is 764. The van der Waals surface area contributed by atoms with E-state index in [1.807, 2.05) is 0 Å². The third-order valence-electron chi connectivity index (χ3n) is 6.63. The molecule has 31 heavy (non-hydrogen) atoms. The molecule has 1 saturated heterocycles. The first-order valence-electron chi connectivity index (χ1n) is 11.7. The standard InChI is InChI=1S/C25H40N2O4/c1-15(2)9-18-14-27-8-7-17-11-23(29-5)24(30-6)12-19(17)21(27)13-22(18)31-25(28)20(26)10-16(3)4/h11-12,15-16,18,20-22H,7-10,13-14,26H2,1-6H3/t18-,20-,21?,22?/m1/s1. The lowest BCUT2D eigenvalue weighted by Gasteiger charge is -2.47. The lowest BCUT2D eigenvalue weighted by Crippen LogP contribution is -2.50. The van der Waals surface area contributed by atoms with Crippen molar-refractivity contribution in [3.05, 3.63) is 23.3 Å². The summed E-state index contributed by atoms with van der Waals surface area (Å²) in [5.41, 5.74) is 8.70. The van der Waals surface area contributed by atoms with Gasteiger partial charge in [0.2, 0.25) is 0 Å². The van der Waals surface area contributed by atoms with Gasteiger partial charge in [-0.2, -0.15) is 0 Å². The van der Waals surface area contributed by atoms with Crippen LogP contribution in [0, 0.1) is 17.8 Å². The number of benzene rings is 1. The smallest absolute Gasteiger partial charge is 0.323 e. The number of nitrogens with zero attached hydrogens (tertiary/aromatic N) is 1. The number of carbonyl (C=O) groups is 1. The number of nitrogens with two attached hydrogens (primary N) is 1. The second kappa shape index (κ2) is 10.2. The van der Waals surface area contributed by atoms with E-state index in [0.717, 1.165) is 43.9 Å². The molecule has 0 aromatic heterocycles. The van der Waals surface area contributed by atoms with E-state index < -0.39 is 6.04 Å². The number of esters is 1. The van der Waals surface area contributed by atoms with Crippen molar-refractivity contribution < 1.29 is 19.0 Å². The number of piperidine rings is 1. The molecule has 2 aliphatic heterocycles. The van der Waals surface area contributed by atoms with Crippen LogP contribution in [0.5, 0.6) is 11.5 Å². The Kier molecular flexibility index (Phi) is 7.87. The van der Waals surface area contributed by atoms with Crippen LogP contribution in [-0.4, -0.2) is 50.3 Å². The van der Waals surface area contributed by atoms with Gasteiger partial charge in [-0.15, -0.1) is 0 Å². The molecule has 2 unspecified atom stereocenters. The quantitative estimate of drug-likeness (QED) is 0.627. The summed E-state index contributed by atoms with van der Waals surface area (Å²) in [4.78, 5) is 15.3. The molecule has 1 fully saturated rings. The highest BCUT2D eigenvalue weighted by Crippen LogP contribution is 2.44. The van der Waals surface area contributed by atoms with Crippen molar-refractivity contribution in [3.63, 3.8) is 0 Å². The summed E-state index contributed by atoms with van der Waals surface area (Å²) in [5.74, 6) is 2.50. The largest absolute Gasteiger partial charge is 0.493 e. The molecule has 0 bridgehead atoms. The molecule has 0 spiro atoms. The summed E-state index contributed by atoms with van der Waals surface area (Å²) in [6.45, 7) is 10.6. The normalized spacial score (nSPS) is 24.5. The van der Waals surface area contributed by atoms with Crippen LogP contribution in [0.3, 0.4) is 0 Å². The maximum Gasteiger partial charge on any atom is 0.323 e. The fourth-order valence-electron chi connectivity index (χ4n) is 5.22.